The summed E-state index contributed by atoms with van der Waals surface area (Å²) in [5.74, 6) is -0.134. The highest BCUT2D eigenvalue weighted by Crippen LogP contribution is 2.25. The number of benzene rings is 1. The molecule has 0 aromatic heterocycles. The highest BCUT2D eigenvalue weighted by molar-refractivity contribution is 6.33. The van der Waals surface area contributed by atoms with E-state index in [9.17, 15) is 8.78 Å². The first kappa shape index (κ1) is 10.7. The highest BCUT2D eigenvalue weighted by atomic mass is 35.5. The van der Waals surface area contributed by atoms with Crippen molar-refractivity contribution in [3.05, 3.63) is 28.8 Å². The molecular formula is C8H6ClF2NO2. The zero-order valence-corrected chi connectivity index (χ0v) is 7.58. The molecule has 76 valence electrons. The Morgan fingerprint density at radius 3 is 2.79 bits per heavy atom. The first-order valence-corrected chi connectivity index (χ1v) is 3.93. The van der Waals surface area contributed by atoms with Crippen LogP contribution in [0.3, 0.4) is 0 Å². The van der Waals surface area contributed by atoms with Crippen LogP contribution in [-0.2, 0) is 0 Å². The fraction of sp³-hybridized carbons (Fsp3) is 0.125. The van der Waals surface area contributed by atoms with Gasteiger partial charge in [0.2, 0.25) is 0 Å². The van der Waals surface area contributed by atoms with E-state index in [2.05, 4.69) is 9.89 Å². The zero-order chi connectivity index (χ0) is 10.6. The fourth-order valence-corrected chi connectivity index (χ4v) is 1.11. The van der Waals surface area contributed by atoms with Crippen molar-refractivity contribution in [2.45, 2.75) is 6.61 Å². The summed E-state index contributed by atoms with van der Waals surface area (Å²) in [6.07, 6.45) is 0.931. The van der Waals surface area contributed by atoms with Crippen LogP contribution in [0.25, 0.3) is 0 Å². The minimum Gasteiger partial charge on any atom is -0.434 e. The molecule has 0 aliphatic heterocycles. The number of hydrogen-bond donors (Lipinski definition) is 1. The van der Waals surface area contributed by atoms with Gasteiger partial charge in [0, 0.05) is 0 Å². The Kier molecular flexibility index (Phi) is 3.64. The minimum atomic E-state index is -2.95. The van der Waals surface area contributed by atoms with Gasteiger partial charge in [-0.3, -0.25) is 0 Å². The molecule has 0 atom stereocenters. The summed E-state index contributed by atoms with van der Waals surface area (Å²) < 4.78 is 28.0. The smallest absolute Gasteiger partial charge is 0.387 e. The van der Waals surface area contributed by atoms with Gasteiger partial charge >= 0.3 is 6.61 Å². The average Bonchev–Trinajstić information content (AvgIpc) is 2.10. The van der Waals surface area contributed by atoms with Crippen molar-refractivity contribution in [3.8, 4) is 5.75 Å². The van der Waals surface area contributed by atoms with Crippen LogP contribution in [0, 0.1) is 0 Å². The van der Waals surface area contributed by atoms with Crippen molar-refractivity contribution in [1.82, 2.24) is 0 Å². The van der Waals surface area contributed by atoms with Crippen LogP contribution < -0.4 is 4.74 Å². The quantitative estimate of drug-likeness (QED) is 0.484. The molecule has 0 aliphatic rings. The lowest BCUT2D eigenvalue weighted by Crippen LogP contribution is -2.04. The van der Waals surface area contributed by atoms with E-state index in [0.717, 1.165) is 6.21 Å². The van der Waals surface area contributed by atoms with E-state index in [0.29, 0.717) is 0 Å². The van der Waals surface area contributed by atoms with Gasteiger partial charge in [0.05, 0.1) is 16.8 Å². The number of ether oxygens (including phenoxy) is 1. The normalized spacial score (nSPS) is 11.1. The maximum Gasteiger partial charge on any atom is 0.387 e. The topological polar surface area (TPSA) is 41.8 Å². The van der Waals surface area contributed by atoms with E-state index >= 15 is 0 Å². The highest BCUT2D eigenvalue weighted by Gasteiger charge is 2.10. The number of rotatable bonds is 3. The summed E-state index contributed by atoms with van der Waals surface area (Å²) in [5, 5.41) is 11.1. The molecular weight excluding hydrogens is 216 g/mol. The van der Waals surface area contributed by atoms with Crippen molar-refractivity contribution in [1.29, 1.82) is 0 Å². The van der Waals surface area contributed by atoms with Crippen LogP contribution in [0.4, 0.5) is 8.78 Å². The molecule has 1 rings (SSSR count). The van der Waals surface area contributed by atoms with Crippen molar-refractivity contribution in [3.63, 3.8) is 0 Å². The Labute approximate surface area is 83.6 Å². The van der Waals surface area contributed by atoms with E-state index in [1.807, 2.05) is 0 Å². The molecule has 14 heavy (non-hydrogen) atoms. The Bertz CT molecular complexity index is 344. The second-order valence-electron chi connectivity index (χ2n) is 2.27. The van der Waals surface area contributed by atoms with Crippen LogP contribution in [0.1, 0.15) is 5.56 Å². The monoisotopic (exact) mass is 221 g/mol. The lowest BCUT2D eigenvalue weighted by molar-refractivity contribution is -0.0499. The predicted octanol–water partition coefficient (Wildman–Crippen LogP) is 2.75. The molecule has 0 saturated carbocycles. The van der Waals surface area contributed by atoms with Crippen LogP contribution in [-0.4, -0.2) is 18.0 Å². The first-order chi connectivity index (χ1) is 6.65. The molecule has 0 spiro atoms. The number of halogens is 3. The van der Waals surface area contributed by atoms with Gasteiger partial charge in [-0.2, -0.15) is 8.78 Å². The molecule has 0 aliphatic carbocycles. The molecule has 3 nitrogen and oxygen atoms in total. The molecule has 6 heteroatoms. The van der Waals surface area contributed by atoms with E-state index < -0.39 is 6.61 Å². The Balaban J connectivity index is 3.07. The first-order valence-electron chi connectivity index (χ1n) is 3.56. The van der Waals surface area contributed by atoms with Crippen LogP contribution in [0.2, 0.25) is 5.02 Å². The standard InChI is InChI=1S/C8H6ClF2NO2/c9-6-2-1-3-7(14-8(10)11)5(6)4-12-13/h1-4,8,13H. The second kappa shape index (κ2) is 4.76. The van der Waals surface area contributed by atoms with Gasteiger partial charge in [0.1, 0.15) is 5.75 Å². The third-order valence-electron chi connectivity index (χ3n) is 1.42. The van der Waals surface area contributed by atoms with Gasteiger partial charge in [-0.25, -0.2) is 0 Å². The summed E-state index contributed by atoms with van der Waals surface area (Å²) >= 11 is 5.66. The number of hydrogen-bond acceptors (Lipinski definition) is 3. The van der Waals surface area contributed by atoms with Crippen molar-refractivity contribution < 1.29 is 18.7 Å². The molecule has 1 aromatic carbocycles. The molecule has 0 amide bonds. The number of oxime groups is 1. The summed E-state index contributed by atoms with van der Waals surface area (Å²) in [4.78, 5) is 0. The summed E-state index contributed by atoms with van der Waals surface area (Å²) in [7, 11) is 0. The average molecular weight is 222 g/mol. The molecule has 0 bridgehead atoms. The molecule has 1 N–H and O–H groups in total. The van der Waals surface area contributed by atoms with E-state index in [1.165, 1.54) is 18.2 Å². The lowest BCUT2D eigenvalue weighted by Gasteiger charge is -2.07. The fourth-order valence-electron chi connectivity index (χ4n) is 0.899. The van der Waals surface area contributed by atoms with Gasteiger partial charge < -0.3 is 9.94 Å². The van der Waals surface area contributed by atoms with Gasteiger partial charge in [-0.1, -0.05) is 22.8 Å². The van der Waals surface area contributed by atoms with E-state index in [1.54, 1.807) is 0 Å². The largest absolute Gasteiger partial charge is 0.434 e. The molecule has 0 unspecified atom stereocenters. The lowest BCUT2D eigenvalue weighted by atomic mass is 10.2. The molecule has 0 fully saturated rings. The minimum absolute atomic E-state index is 0.108. The summed E-state index contributed by atoms with van der Waals surface area (Å²) in [6, 6.07) is 4.22. The van der Waals surface area contributed by atoms with Gasteiger partial charge in [-0.15, -0.1) is 0 Å². The maximum absolute atomic E-state index is 11.9. The Morgan fingerprint density at radius 1 is 1.50 bits per heavy atom. The van der Waals surface area contributed by atoms with Crippen molar-refractivity contribution in [2.75, 3.05) is 0 Å². The van der Waals surface area contributed by atoms with Crippen molar-refractivity contribution >= 4 is 17.8 Å². The summed E-state index contributed by atoms with van der Waals surface area (Å²) in [6.45, 7) is -2.95. The molecule has 0 saturated heterocycles. The van der Waals surface area contributed by atoms with Crippen LogP contribution in [0.15, 0.2) is 23.4 Å². The Morgan fingerprint density at radius 2 is 2.21 bits per heavy atom. The van der Waals surface area contributed by atoms with Gasteiger partial charge in [-0.05, 0) is 12.1 Å². The van der Waals surface area contributed by atoms with Crippen molar-refractivity contribution in [2.24, 2.45) is 5.16 Å². The summed E-state index contributed by atoms with van der Waals surface area (Å²) in [5.41, 5.74) is 0.108. The zero-order valence-electron chi connectivity index (χ0n) is 6.82. The number of alkyl halides is 2. The third kappa shape index (κ3) is 2.56. The van der Waals surface area contributed by atoms with E-state index in [4.69, 9.17) is 16.8 Å². The number of nitrogens with zero attached hydrogens (tertiary/aromatic N) is 1. The second-order valence-corrected chi connectivity index (χ2v) is 2.68. The van der Waals surface area contributed by atoms with Gasteiger partial charge in [0.25, 0.3) is 0 Å². The van der Waals surface area contributed by atoms with Gasteiger partial charge in [0.15, 0.2) is 0 Å². The molecule has 0 radical (unpaired) electrons. The van der Waals surface area contributed by atoms with Crippen LogP contribution in [0.5, 0.6) is 5.75 Å². The SMILES string of the molecule is ON=Cc1c(Cl)cccc1OC(F)F. The predicted molar refractivity (Wildman–Crippen MR) is 47.5 cm³/mol. The molecule has 0 heterocycles. The Hall–Kier alpha value is -1.36. The van der Waals surface area contributed by atoms with Crippen LogP contribution >= 0.6 is 11.6 Å². The molecule has 1 aromatic rings. The third-order valence-corrected chi connectivity index (χ3v) is 1.75. The van der Waals surface area contributed by atoms with E-state index in [-0.39, 0.29) is 16.3 Å². The maximum atomic E-state index is 11.9.